The van der Waals surface area contributed by atoms with Gasteiger partial charge in [0.25, 0.3) is 11.8 Å². The average molecular weight is 506 g/mol. The SMILES string of the molecule is CC1=CC(C)=NC(=O)C1CNC(=O)c1cc(C2CCN(C3CCNCC3)CC2)nc2c1cnn2C(C)C. The van der Waals surface area contributed by atoms with Crippen molar-refractivity contribution in [1.29, 1.82) is 0 Å². The predicted octanol–water partition coefficient (Wildman–Crippen LogP) is 3.24. The van der Waals surface area contributed by atoms with Gasteiger partial charge in [0, 0.05) is 36.0 Å². The van der Waals surface area contributed by atoms with Gasteiger partial charge in [-0.25, -0.2) is 14.7 Å². The van der Waals surface area contributed by atoms with E-state index in [1.165, 1.54) is 12.8 Å². The molecule has 2 aromatic heterocycles. The highest BCUT2D eigenvalue weighted by atomic mass is 16.2. The van der Waals surface area contributed by atoms with E-state index in [-0.39, 0.29) is 24.4 Å². The fraction of sp³-hybridized carbons (Fsp3) is 0.607. The van der Waals surface area contributed by atoms with Crippen molar-refractivity contribution in [3.05, 3.63) is 35.2 Å². The number of hydrogen-bond acceptors (Lipinski definition) is 6. The molecule has 2 saturated heterocycles. The van der Waals surface area contributed by atoms with E-state index < -0.39 is 5.92 Å². The average Bonchev–Trinajstić information content (AvgIpc) is 3.32. The van der Waals surface area contributed by atoms with Crippen LogP contribution in [0.5, 0.6) is 0 Å². The molecule has 3 aliphatic rings. The van der Waals surface area contributed by atoms with Crippen LogP contribution in [0.2, 0.25) is 0 Å². The lowest BCUT2D eigenvalue weighted by atomic mass is 9.90. The Labute approximate surface area is 218 Å². The molecule has 0 radical (unpaired) electrons. The number of nitrogens with zero attached hydrogens (tertiary/aromatic N) is 5. The third-order valence-corrected chi connectivity index (χ3v) is 8.13. The highest BCUT2D eigenvalue weighted by Gasteiger charge is 2.30. The summed E-state index contributed by atoms with van der Waals surface area (Å²) >= 11 is 0. The molecule has 0 spiro atoms. The van der Waals surface area contributed by atoms with Crippen molar-refractivity contribution < 1.29 is 9.59 Å². The van der Waals surface area contributed by atoms with Gasteiger partial charge in [0.1, 0.15) is 0 Å². The van der Waals surface area contributed by atoms with Gasteiger partial charge in [0.05, 0.1) is 23.1 Å². The van der Waals surface area contributed by atoms with Crippen LogP contribution < -0.4 is 10.6 Å². The highest BCUT2D eigenvalue weighted by molar-refractivity contribution is 6.07. The van der Waals surface area contributed by atoms with Gasteiger partial charge in [-0.1, -0.05) is 5.57 Å². The van der Waals surface area contributed by atoms with E-state index in [0.717, 1.165) is 61.3 Å². The molecular formula is C28H39N7O2. The lowest BCUT2D eigenvalue weighted by molar-refractivity contribution is -0.120. The smallest absolute Gasteiger partial charge is 0.254 e. The first-order chi connectivity index (χ1) is 17.8. The molecule has 9 heteroatoms. The van der Waals surface area contributed by atoms with Gasteiger partial charge in [0.15, 0.2) is 5.65 Å². The number of carbonyl (C=O) groups is 2. The molecule has 2 aromatic rings. The molecule has 1 unspecified atom stereocenters. The normalized spacial score (nSPS) is 22.4. The lowest BCUT2D eigenvalue weighted by Crippen LogP contribution is -2.46. The largest absolute Gasteiger partial charge is 0.351 e. The molecule has 9 nitrogen and oxygen atoms in total. The Bertz CT molecular complexity index is 1230. The number of rotatable bonds is 6. The number of aromatic nitrogens is 3. The number of amides is 2. The molecule has 198 valence electrons. The molecule has 2 N–H and O–H groups in total. The van der Waals surface area contributed by atoms with E-state index in [1.807, 2.05) is 30.7 Å². The van der Waals surface area contributed by atoms with Gasteiger partial charge in [-0.3, -0.25) is 9.59 Å². The minimum absolute atomic E-state index is 0.131. The number of nitrogens with one attached hydrogen (secondary N) is 2. The van der Waals surface area contributed by atoms with E-state index >= 15 is 0 Å². The molecule has 1 atom stereocenters. The molecule has 0 bridgehead atoms. The molecule has 37 heavy (non-hydrogen) atoms. The molecule has 2 amide bonds. The molecule has 0 aliphatic carbocycles. The summed E-state index contributed by atoms with van der Waals surface area (Å²) in [4.78, 5) is 37.7. The van der Waals surface area contributed by atoms with Crippen molar-refractivity contribution in [3.63, 3.8) is 0 Å². The summed E-state index contributed by atoms with van der Waals surface area (Å²) in [6, 6.07) is 2.77. The van der Waals surface area contributed by atoms with Crippen LogP contribution in [0.3, 0.4) is 0 Å². The quantitative estimate of drug-likeness (QED) is 0.625. The summed E-state index contributed by atoms with van der Waals surface area (Å²) in [6.45, 7) is 12.4. The van der Waals surface area contributed by atoms with Crippen molar-refractivity contribution in [3.8, 4) is 0 Å². The van der Waals surface area contributed by atoms with Crippen LogP contribution in [-0.2, 0) is 4.79 Å². The Hall–Kier alpha value is -2.91. The third-order valence-electron chi connectivity index (χ3n) is 8.13. The van der Waals surface area contributed by atoms with Gasteiger partial charge in [-0.05, 0) is 91.7 Å². The Morgan fingerprint density at radius 3 is 2.57 bits per heavy atom. The van der Waals surface area contributed by atoms with Crippen LogP contribution in [0, 0.1) is 5.92 Å². The topological polar surface area (TPSA) is 105 Å². The van der Waals surface area contributed by atoms with Crippen molar-refractivity contribution in [2.75, 3.05) is 32.7 Å². The number of carbonyl (C=O) groups excluding carboxylic acids is 2. The van der Waals surface area contributed by atoms with Crippen LogP contribution in [0.1, 0.15) is 81.4 Å². The zero-order valence-electron chi connectivity index (χ0n) is 22.5. The molecule has 0 aromatic carbocycles. The number of aliphatic imine (C=N–C) groups is 1. The van der Waals surface area contributed by atoms with Crippen molar-refractivity contribution >= 4 is 28.6 Å². The maximum absolute atomic E-state index is 13.5. The zero-order valence-corrected chi connectivity index (χ0v) is 22.5. The number of likely N-dealkylation sites (tertiary alicyclic amines) is 1. The van der Waals surface area contributed by atoms with Crippen molar-refractivity contribution in [2.45, 2.75) is 71.4 Å². The van der Waals surface area contributed by atoms with E-state index in [1.54, 1.807) is 6.20 Å². The molecular weight excluding hydrogens is 466 g/mol. The summed E-state index contributed by atoms with van der Waals surface area (Å²) in [5.41, 5.74) is 3.93. The third kappa shape index (κ3) is 5.38. The second kappa shape index (κ2) is 10.8. The van der Waals surface area contributed by atoms with Crippen molar-refractivity contribution in [1.82, 2.24) is 30.3 Å². The summed E-state index contributed by atoms with van der Waals surface area (Å²) in [5.74, 6) is -0.517. The fourth-order valence-electron chi connectivity index (χ4n) is 5.99. The van der Waals surface area contributed by atoms with E-state index in [2.05, 4.69) is 39.5 Å². The lowest BCUT2D eigenvalue weighted by Gasteiger charge is -2.39. The number of fused-ring (bicyclic) bond motifs is 1. The first kappa shape index (κ1) is 25.7. The minimum atomic E-state index is -0.429. The zero-order chi connectivity index (χ0) is 26.1. The van der Waals surface area contributed by atoms with Gasteiger partial charge in [-0.15, -0.1) is 0 Å². The van der Waals surface area contributed by atoms with Gasteiger partial charge in [-0.2, -0.15) is 5.10 Å². The maximum Gasteiger partial charge on any atom is 0.254 e. The van der Waals surface area contributed by atoms with Crippen LogP contribution in [0.25, 0.3) is 11.0 Å². The number of dihydropyridines is 1. The van der Waals surface area contributed by atoms with Gasteiger partial charge in [0.2, 0.25) is 0 Å². The second-order valence-corrected chi connectivity index (χ2v) is 11.0. The summed E-state index contributed by atoms with van der Waals surface area (Å²) in [5, 5.41) is 11.8. The number of piperidine rings is 2. The standard InChI is InChI=1S/C28H39N7O2/c1-17(2)35-26-24(16-31-35)22(27(36)30-15-23-18(3)13-19(4)32-28(23)37)14-25(33-26)20-7-11-34(12-8-20)21-5-9-29-10-6-21/h13-14,16-17,20-21,23,29H,5-12,15H2,1-4H3,(H,30,36). The number of pyridine rings is 1. The highest BCUT2D eigenvalue weighted by Crippen LogP contribution is 2.32. The number of allylic oxidation sites excluding steroid dienone is 1. The predicted molar refractivity (Wildman–Crippen MR) is 145 cm³/mol. The molecule has 5 rings (SSSR count). The molecule has 3 aliphatic heterocycles. The first-order valence-electron chi connectivity index (χ1n) is 13.7. The van der Waals surface area contributed by atoms with Crippen molar-refractivity contribution in [2.24, 2.45) is 10.9 Å². The Morgan fingerprint density at radius 2 is 1.89 bits per heavy atom. The van der Waals surface area contributed by atoms with Crippen LogP contribution in [0.15, 0.2) is 28.9 Å². The van der Waals surface area contributed by atoms with Crippen LogP contribution >= 0.6 is 0 Å². The number of hydrogen-bond donors (Lipinski definition) is 2. The fourth-order valence-corrected chi connectivity index (χ4v) is 5.99. The Morgan fingerprint density at radius 1 is 1.16 bits per heavy atom. The van der Waals surface area contributed by atoms with E-state index in [9.17, 15) is 9.59 Å². The van der Waals surface area contributed by atoms with E-state index in [4.69, 9.17) is 4.98 Å². The molecule has 0 saturated carbocycles. The van der Waals surface area contributed by atoms with E-state index in [0.29, 0.717) is 23.2 Å². The van der Waals surface area contributed by atoms with Gasteiger partial charge >= 0.3 is 0 Å². The van der Waals surface area contributed by atoms with Crippen LogP contribution in [-0.4, -0.2) is 76.0 Å². The summed E-state index contributed by atoms with van der Waals surface area (Å²) in [7, 11) is 0. The minimum Gasteiger partial charge on any atom is -0.351 e. The van der Waals surface area contributed by atoms with Gasteiger partial charge < -0.3 is 15.5 Å². The monoisotopic (exact) mass is 505 g/mol. The molecule has 5 heterocycles. The Kier molecular flexibility index (Phi) is 7.53. The summed E-state index contributed by atoms with van der Waals surface area (Å²) in [6.07, 6.45) is 8.16. The Balaban J connectivity index is 1.37. The summed E-state index contributed by atoms with van der Waals surface area (Å²) < 4.78 is 1.90. The molecule has 2 fully saturated rings. The second-order valence-electron chi connectivity index (χ2n) is 11.0. The van der Waals surface area contributed by atoms with Crippen LogP contribution in [0.4, 0.5) is 0 Å². The maximum atomic E-state index is 13.5. The first-order valence-corrected chi connectivity index (χ1v) is 13.7.